The maximum Gasteiger partial charge on any atom is 0.273 e. The number of para-hydroxylation sites is 1. The van der Waals surface area contributed by atoms with Gasteiger partial charge in [-0.15, -0.1) is 0 Å². The van der Waals surface area contributed by atoms with E-state index in [1.54, 1.807) is 12.3 Å². The standard InChI is InChI=1S/C19H20N4O/c1-13-9-18(20)23(19(24)10-13)21-12-16-11-14(2)22(15(16)3)17-7-5-4-6-8-17/h4-12H,20H2,1-3H3/b21-12-. The third kappa shape index (κ3) is 2.88. The molecule has 0 atom stereocenters. The molecule has 24 heavy (non-hydrogen) atoms. The third-order valence-corrected chi connectivity index (χ3v) is 3.98. The Kier molecular flexibility index (Phi) is 4.08. The summed E-state index contributed by atoms with van der Waals surface area (Å²) in [6.07, 6.45) is 1.68. The van der Waals surface area contributed by atoms with Gasteiger partial charge in [-0.25, -0.2) is 0 Å². The molecule has 5 nitrogen and oxygen atoms in total. The molecule has 2 aromatic heterocycles. The second kappa shape index (κ2) is 6.20. The molecule has 0 amide bonds. The number of hydrogen-bond acceptors (Lipinski definition) is 3. The highest BCUT2D eigenvalue weighted by Crippen LogP contribution is 2.19. The molecule has 0 bridgehead atoms. The van der Waals surface area contributed by atoms with Crippen molar-refractivity contribution in [3.05, 3.63) is 81.4 Å². The zero-order valence-electron chi connectivity index (χ0n) is 14.0. The van der Waals surface area contributed by atoms with Gasteiger partial charge in [0.25, 0.3) is 5.56 Å². The number of aryl methyl sites for hydroxylation is 2. The summed E-state index contributed by atoms with van der Waals surface area (Å²) < 4.78 is 3.37. The van der Waals surface area contributed by atoms with Crippen molar-refractivity contribution in [1.29, 1.82) is 0 Å². The lowest BCUT2D eigenvalue weighted by Crippen LogP contribution is -2.19. The van der Waals surface area contributed by atoms with Gasteiger partial charge >= 0.3 is 0 Å². The van der Waals surface area contributed by atoms with E-state index < -0.39 is 0 Å². The van der Waals surface area contributed by atoms with E-state index in [4.69, 9.17) is 5.73 Å². The van der Waals surface area contributed by atoms with Crippen molar-refractivity contribution in [2.24, 2.45) is 5.10 Å². The maximum absolute atomic E-state index is 12.0. The van der Waals surface area contributed by atoms with Crippen LogP contribution in [0.4, 0.5) is 5.82 Å². The predicted molar refractivity (Wildman–Crippen MR) is 98.1 cm³/mol. The fourth-order valence-electron chi connectivity index (χ4n) is 2.86. The fourth-order valence-corrected chi connectivity index (χ4v) is 2.86. The van der Waals surface area contributed by atoms with Gasteiger partial charge in [0.2, 0.25) is 0 Å². The summed E-state index contributed by atoms with van der Waals surface area (Å²) in [7, 11) is 0. The molecular formula is C19H20N4O. The number of aromatic nitrogens is 2. The second-order valence-electron chi connectivity index (χ2n) is 5.85. The van der Waals surface area contributed by atoms with Crippen LogP contribution < -0.4 is 11.3 Å². The van der Waals surface area contributed by atoms with Crippen LogP contribution in [0.25, 0.3) is 5.69 Å². The van der Waals surface area contributed by atoms with Gasteiger partial charge in [-0.3, -0.25) is 4.79 Å². The number of nitrogens with two attached hydrogens (primary N) is 1. The lowest BCUT2D eigenvalue weighted by Gasteiger charge is -2.09. The summed E-state index contributed by atoms with van der Waals surface area (Å²) in [5.41, 5.74) is 10.7. The highest BCUT2D eigenvalue weighted by molar-refractivity contribution is 5.82. The monoisotopic (exact) mass is 320 g/mol. The van der Waals surface area contributed by atoms with Crippen LogP contribution in [0, 0.1) is 20.8 Å². The van der Waals surface area contributed by atoms with E-state index in [9.17, 15) is 4.79 Å². The molecule has 0 aliphatic heterocycles. The average Bonchev–Trinajstić information content (AvgIpc) is 2.81. The van der Waals surface area contributed by atoms with Crippen molar-refractivity contribution < 1.29 is 0 Å². The molecule has 0 radical (unpaired) electrons. The van der Waals surface area contributed by atoms with Gasteiger partial charge in [-0.1, -0.05) is 18.2 Å². The maximum atomic E-state index is 12.0. The molecule has 5 heteroatoms. The zero-order valence-corrected chi connectivity index (χ0v) is 14.0. The largest absolute Gasteiger partial charge is 0.384 e. The number of nitrogen functional groups attached to an aromatic ring is 1. The van der Waals surface area contributed by atoms with E-state index in [-0.39, 0.29) is 5.56 Å². The van der Waals surface area contributed by atoms with Crippen LogP contribution in [-0.4, -0.2) is 15.5 Å². The fraction of sp³-hybridized carbons (Fsp3) is 0.158. The lowest BCUT2D eigenvalue weighted by atomic mass is 10.2. The summed E-state index contributed by atoms with van der Waals surface area (Å²) >= 11 is 0. The summed E-state index contributed by atoms with van der Waals surface area (Å²) in [6, 6.07) is 15.4. The molecule has 3 aromatic rings. The Labute approximate surface area is 140 Å². The smallest absolute Gasteiger partial charge is 0.273 e. The first-order chi connectivity index (χ1) is 11.5. The van der Waals surface area contributed by atoms with E-state index in [2.05, 4.69) is 21.8 Å². The molecule has 0 aliphatic carbocycles. The van der Waals surface area contributed by atoms with E-state index in [1.165, 1.54) is 10.7 Å². The first kappa shape index (κ1) is 15.8. The van der Waals surface area contributed by atoms with Gasteiger partial charge in [0.15, 0.2) is 0 Å². The zero-order chi connectivity index (χ0) is 17.3. The van der Waals surface area contributed by atoms with Crippen LogP contribution in [0.3, 0.4) is 0 Å². The van der Waals surface area contributed by atoms with Crippen molar-refractivity contribution >= 4 is 12.0 Å². The summed E-state index contributed by atoms with van der Waals surface area (Å²) in [5.74, 6) is 0.327. The molecule has 0 fully saturated rings. The normalized spacial score (nSPS) is 11.3. The molecule has 0 spiro atoms. The Hall–Kier alpha value is -3.08. The van der Waals surface area contributed by atoms with E-state index in [1.807, 2.05) is 45.0 Å². The van der Waals surface area contributed by atoms with Gasteiger partial charge in [0.1, 0.15) is 5.82 Å². The molecule has 2 N–H and O–H groups in total. The van der Waals surface area contributed by atoms with Gasteiger partial charge in [0.05, 0.1) is 6.21 Å². The Morgan fingerprint density at radius 3 is 2.42 bits per heavy atom. The minimum Gasteiger partial charge on any atom is -0.384 e. The SMILES string of the molecule is Cc1cc(N)n(/N=C\c2cc(C)n(-c3ccccc3)c2C)c(=O)c1. The highest BCUT2D eigenvalue weighted by Gasteiger charge is 2.09. The Bertz CT molecular complexity index is 965. The van der Waals surface area contributed by atoms with Crippen molar-refractivity contribution in [3.63, 3.8) is 0 Å². The van der Waals surface area contributed by atoms with Crippen molar-refractivity contribution in [2.75, 3.05) is 5.73 Å². The Morgan fingerprint density at radius 1 is 1.04 bits per heavy atom. The quantitative estimate of drug-likeness (QED) is 0.754. The van der Waals surface area contributed by atoms with Crippen LogP contribution in [0.15, 0.2) is 58.4 Å². The average molecular weight is 320 g/mol. The van der Waals surface area contributed by atoms with Gasteiger partial charge in [-0.2, -0.15) is 9.78 Å². The Morgan fingerprint density at radius 2 is 1.75 bits per heavy atom. The predicted octanol–water partition coefficient (Wildman–Crippen LogP) is 3.03. The molecule has 0 saturated carbocycles. The van der Waals surface area contributed by atoms with Crippen molar-refractivity contribution in [2.45, 2.75) is 20.8 Å². The van der Waals surface area contributed by atoms with Crippen molar-refractivity contribution in [1.82, 2.24) is 9.24 Å². The molecule has 0 saturated heterocycles. The first-order valence-electron chi connectivity index (χ1n) is 7.75. The van der Waals surface area contributed by atoms with E-state index in [0.717, 1.165) is 28.2 Å². The van der Waals surface area contributed by atoms with Crippen LogP contribution in [0.2, 0.25) is 0 Å². The Balaban J connectivity index is 2.02. The van der Waals surface area contributed by atoms with Crippen LogP contribution in [-0.2, 0) is 0 Å². The minimum absolute atomic E-state index is 0.236. The molecule has 0 aliphatic rings. The van der Waals surface area contributed by atoms with E-state index in [0.29, 0.717) is 5.82 Å². The molecule has 3 rings (SSSR count). The van der Waals surface area contributed by atoms with Gasteiger partial charge in [-0.05, 0) is 50.6 Å². The number of benzene rings is 1. The molecule has 122 valence electrons. The van der Waals surface area contributed by atoms with Crippen molar-refractivity contribution in [3.8, 4) is 5.69 Å². The number of nitrogens with zero attached hydrogens (tertiary/aromatic N) is 3. The van der Waals surface area contributed by atoms with Gasteiger partial charge in [0, 0.05) is 28.7 Å². The first-order valence-corrected chi connectivity index (χ1v) is 7.75. The summed E-state index contributed by atoms with van der Waals surface area (Å²) in [4.78, 5) is 12.0. The lowest BCUT2D eigenvalue weighted by molar-refractivity contribution is 0.843. The number of rotatable bonds is 3. The van der Waals surface area contributed by atoms with E-state index >= 15 is 0 Å². The molecule has 0 unspecified atom stereocenters. The summed E-state index contributed by atoms with van der Waals surface area (Å²) in [5, 5.41) is 4.27. The number of hydrogen-bond donors (Lipinski definition) is 1. The van der Waals surface area contributed by atoms with Crippen LogP contribution >= 0.6 is 0 Å². The third-order valence-electron chi connectivity index (χ3n) is 3.98. The molecular weight excluding hydrogens is 300 g/mol. The topological polar surface area (TPSA) is 65.3 Å². The van der Waals surface area contributed by atoms with Crippen LogP contribution in [0.5, 0.6) is 0 Å². The molecule has 1 aromatic carbocycles. The summed E-state index contributed by atoms with van der Waals surface area (Å²) in [6.45, 7) is 5.91. The van der Waals surface area contributed by atoms with Gasteiger partial charge < -0.3 is 10.3 Å². The number of anilines is 1. The molecule has 2 heterocycles. The second-order valence-corrected chi connectivity index (χ2v) is 5.85. The number of pyridine rings is 1. The minimum atomic E-state index is -0.236. The highest BCUT2D eigenvalue weighted by atomic mass is 16.1. The van der Waals surface area contributed by atoms with Crippen LogP contribution in [0.1, 0.15) is 22.5 Å².